The highest BCUT2D eigenvalue weighted by Crippen LogP contribution is 2.25. The van der Waals surface area contributed by atoms with Gasteiger partial charge in [0.2, 0.25) is 0 Å². The number of hydrogen-bond donors (Lipinski definition) is 3. The summed E-state index contributed by atoms with van der Waals surface area (Å²) < 4.78 is 25.0. The van der Waals surface area contributed by atoms with Crippen molar-refractivity contribution in [1.82, 2.24) is 0 Å². The van der Waals surface area contributed by atoms with Gasteiger partial charge in [-0.25, -0.2) is 8.78 Å². The first-order chi connectivity index (χ1) is 5.04. The van der Waals surface area contributed by atoms with Crippen molar-refractivity contribution in [2.24, 2.45) is 0 Å². The third-order valence-electron chi connectivity index (χ3n) is 1.88. The molecule has 0 spiro atoms. The topological polar surface area (TPSA) is 60.7 Å². The molecule has 0 heterocycles. The van der Waals surface area contributed by atoms with Crippen LogP contribution in [-0.2, 0) is 0 Å². The largest absolute Gasteiger partial charge is 0.390 e. The Morgan fingerprint density at radius 3 is 2.00 bits per heavy atom. The molecule has 0 amide bonds. The first kappa shape index (κ1) is 8.83. The maximum Gasteiger partial charge on any atom is 0.162 e. The van der Waals surface area contributed by atoms with Crippen molar-refractivity contribution in [3.05, 3.63) is 0 Å². The minimum atomic E-state index is -2.19. The van der Waals surface area contributed by atoms with E-state index < -0.39 is 30.7 Å². The molecule has 0 aromatic heterocycles. The lowest BCUT2D eigenvalue weighted by atomic mass is 9.89. The molecule has 0 saturated heterocycles. The van der Waals surface area contributed by atoms with Crippen LogP contribution in [0.3, 0.4) is 0 Å². The summed E-state index contributed by atoms with van der Waals surface area (Å²) in [4.78, 5) is 0. The summed E-state index contributed by atoms with van der Waals surface area (Å²) in [5.41, 5.74) is 0. The fourth-order valence-electron chi connectivity index (χ4n) is 1.13. The zero-order valence-corrected chi connectivity index (χ0v) is 5.69. The molecule has 1 rings (SSSR count). The molecule has 0 unspecified atom stereocenters. The molecule has 1 saturated carbocycles. The van der Waals surface area contributed by atoms with E-state index in [1.165, 1.54) is 0 Å². The monoisotopic (exact) mass is 168 g/mol. The van der Waals surface area contributed by atoms with E-state index in [-0.39, 0.29) is 6.42 Å². The molecule has 5 heteroatoms. The lowest BCUT2D eigenvalue weighted by Gasteiger charge is -2.32. The van der Waals surface area contributed by atoms with Crippen LogP contribution < -0.4 is 0 Å². The molecule has 3 nitrogen and oxygen atoms in total. The molecular weight excluding hydrogens is 158 g/mol. The van der Waals surface area contributed by atoms with Crippen LogP contribution in [0.25, 0.3) is 0 Å². The second-order valence-corrected chi connectivity index (χ2v) is 2.75. The maximum atomic E-state index is 12.5. The van der Waals surface area contributed by atoms with Crippen molar-refractivity contribution in [2.45, 2.75) is 37.1 Å². The molecule has 11 heavy (non-hydrogen) atoms. The quantitative estimate of drug-likeness (QED) is 0.441. The van der Waals surface area contributed by atoms with Gasteiger partial charge in [0.15, 0.2) is 12.3 Å². The van der Waals surface area contributed by atoms with E-state index in [1.807, 2.05) is 0 Å². The molecule has 0 radical (unpaired) electrons. The highest BCUT2D eigenvalue weighted by molar-refractivity contribution is 4.92. The molecule has 1 aliphatic rings. The Bertz CT molecular complexity index is 130. The number of halogens is 2. The Morgan fingerprint density at radius 1 is 0.909 bits per heavy atom. The van der Waals surface area contributed by atoms with Crippen molar-refractivity contribution >= 4 is 0 Å². The van der Waals surface area contributed by atoms with Gasteiger partial charge in [-0.2, -0.15) is 0 Å². The average Bonchev–Trinajstić information content (AvgIpc) is 1.97. The van der Waals surface area contributed by atoms with Crippen molar-refractivity contribution in [3.63, 3.8) is 0 Å². The Morgan fingerprint density at radius 2 is 1.45 bits per heavy atom. The second kappa shape index (κ2) is 3.00. The molecule has 5 atom stereocenters. The van der Waals surface area contributed by atoms with E-state index in [2.05, 4.69) is 0 Å². The lowest BCUT2D eigenvalue weighted by Crippen LogP contribution is -2.52. The molecule has 0 aromatic rings. The first-order valence-electron chi connectivity index (χ1n) is 3.36. The minimum absolute atomic E-state index is 0.317. The van der Waals surface area contributed by atoms with Gasteiger partial charge in [-0.15, -0.1) is 0 Å². The summed E-state index contributed by atoms with van der Waals surface area (Å²) in [5.74, 6) is 0. The van der Waals surface area contributed by atoms with E-state index >= 15 is 0 Å². The highest BCUT2D eigenvalue weighted by atomic mass is 19.2. The van der Waals surface area contributed by atoms with Gasteiger partial charge in [0.25, 0.3) is 0 Å². The van der Waals surface area contributed by atoms with Gasteiger partial charge in [-0.3, -0.25) is 0 Å². The Balaban J connectivity index is 2.63. The van der Waals surface area contributed by atoms with Gasteiger partial charge >= 0.3 is 0 Å². The third-order valence-corrected chi connectivity index (χ3v) is 1.88. The smallest absolute Gasteiger partial charge is 0.162 e. The molecule has 66 valence electrons. The number of alkyl halides is 2. The van der Waals surface area contributed by atoms with Crippen molar-refractivity contribution in [3.8, 4) is 0 Å². The van der Waals surface area contributed by atoms with Crippen LogP contribution in [0.15, 0.2) is 0 Å². The van der Waals surface area contributed by atoms with Crippen LogP contribution in [0.2, 0.25) is 0 Å². The van der Waals surface area contributed by atoms with Crippen molar-refractivity contribution < 1.29 is 24.1 Å². The predicted octanol–water partition coefficient (Wildman–Crippen LogP) is -0.851. The van der Waals surface area contributed by atoms with Crippen LogP contribution in [0.4, 0.5) is 8.78 Å². The summed E-state index contributed by atoms with van der Waals surface area (Å²) in [5, 5.41) is 26.3. The number of aliphatic hydroxyl groups excluding tert-OH is 3. The van der Waals surface area contributed by atoms with E-state index in [0.717, 1.165) is 0 Å². The van der Waals surface area contributed by atoms with E-state index in [1.54, 1.807) is 0 Å². The van der Waals surface area contributed by atoms with Gasteiger partial charge < -0.3 is 15.3 Å². The van der Waals surface area contributed by atoms with Crippen molar-refractivity contribution in [1.29, 1.82) is 0 Å². The number of aliphatic hydroxyl groups is 3. The Labute approximate surface area is 62.3 Å². The minimum Gasteiger partial charge on any atom is -0.390 e. The number of rotatable bonds is 0. The van der Waals surface area contributed by atoms with Gasteiger partial charge in [-0.1, -0.05) is 0 Å². The summed E-state index contributed by atoms with van der Waals surface area (Å²) in [7, 11) is 0. The average molecular weight is 168 g/mol. The fraction of sp³-hybridized carbons (Fsp3) is 1.00. The Kier molecular flexibility index (Phi) is 2.41. The highest BCUT2D eigenvalue weighted by Gasteiger charge is 2.43. The molecule has 3 N–H and O–H groups in total. The van der Waals surface area contributed by atoms with Crippen LogP contribution in [0.1, 0.15) is 6.42 Å². The van der Waals surface area contributed by atoms with Crippen molar-refractivity contribution in [2.75, 3.05) is 0 Å². The van der Waals surface area contributed by atoms with Crippen LogP contribution >= 0.6 is 0 Å². The zero-order chi connectivity index (χ0) is 8.59. The van der Waals surface area contributed by atoms with E-state index in [9.17, 15) is 8.78 Å². The molecule has 0 aliphatic heterocycles. The second-order valence-electron chi connectivity index (χ2n) is 2.75. The van der Waals surface area contributed by atoms with E-state index in [4.69, 9.17) is 15.3 Å². The van der Waals surface area contributed by atoms with Crippen LogP contribution in [0, 0.1) is 0 Å². The zero-order valence-electron chi connectivity index (χ0n) is 5.69. The van der Waals surface area contributed by atoms with E-state index in [0.29, 0.717) is 0 Å². The van der Waals surface area contributed by atoms with Gasteiger partial charge in [0.05, 0.1) is 12.2 Å². The molecule has 1 fully saturated rings. The number of hydrogen-bond acceptors (Lipinski definition) is 3. The summed E-state index contributed by atoms with van der Waals surface area (Å²) in [6.45, 7) is 0. The molecule has 0 bridgehead atoms. The van der Waals surface area contributed by atoms with Gasteiger partial charge in [0, 0.05) is 6.42 Å². The predicted molar refractivity (Wildman–Crippen MR) is 32.4 cm³/mol. The summed E-state index contributed by atoms with van der Waals surface area (Å²) in [6.07, 6.45) is -9.19. The lowest BCUT2D eigenvalue weighted by molar-refractivity contribution is -0.129. The molecule has 0 aromatic carbocycles. The molecular formula is C6H10F2O3. The first-order valence-corrected chi connectivity index (χ1v) is 3.36. The van der Waals surface area contributed by atoms with Gasteiger partial charge in [-0.05, 0) is 0 Å². The third kappa shape index (κ3) is 1.50. The molecule has 1 aliphatic carbocycles. The maximum absolute atomic E-state index is 12.5. The normalized spacial score (nSPS) is 52.6. The summed E-state index contributed by atoms with van der Waals surface area (Å²) in [6, 6.07) is 0. The summed E-state index contributed by atoms with van der Waals surface area (Å²) >= 11 is 0. The fourth-order valence-corrected chi connectivity index (χ4v) is 1.13. The van der Waals surface area contributed by atoms with Crippen LogP contribution in [0.5, 0.6) is 0 Å². The SMILES string of the molecule is O[C@@H]1[C@@H](F)[C@@H](F)[C@@H](O)C[C@@H]1O. The Hall–Kier alpha value is -0.260. The van der Waals surface area contributed by atoms with Crippen LogP contribution in [-0.4, -0.2) is 46.0 Å². The van der Waals surface area contributed by atoms with Gasteiger partial charge in [0.1, 0.15) is 6.10 Å². The standard InChI is InChI=1S/C6H10F2O3/c7-4-2(9)1-3(10)6(11)5(4)8/h2-6,9-11H,1H2/t2-,3-,4-,5-,6-/m0/s1.